The van der Waals surface area contributed by atoms with Crippen molar-refractivity contribution in [2.45, 2.75) is 38.6 Å². The fourth-order valence-electron chi connectivity index (χ4n) is 2.21. The van der Waals surface area contributed by atoms with E-state index in [1.165, 1.54) is 30.2 Å². The summed E-state index contributed by atoms with van der Waals surface area (Å²) in [6.45, 7) is 2.22. The average Bonchev–Trinajstić information content (AvgIpc) is 2.38. The predicted octanol–water partition coefficient (Wildman–Crippen LogP) is 3.81. The number of pyridine rings is 1. The van der Waals surface area contributed by atoms with Crippen molar-refractivity contribution in [1.82, 2.24) is 4.98 Å². The summed E-state index contributed by atoms with van der Waals surface area (Å²) in [4.78, 5) is 4.37. The van der Waals surface area contributed by atoms with Crippen molar-refractivity contribution in [1.29, 1.82) is 0 Å². The van der Waals surface area contributed by atoms with Gasteiger partial charge in [0.05, 0.1) is 5.52 Å². The van der Waals surface area contributed by atoms with Gasteiger partial charge in [0, 0.05) is 17.6 Å². The number of fused-ring (bicyclic) bond motifs is 1. The van der Waals surface area contributed by atoms with E-state index < -0.39 is 0 Å². The summed E-state index contributed by atoms with van der Waals surface area (Å²) in [5.74, 6) is 0. The molecule has 0 aliphatic carbocycles. The lowest BCUT2D eigenvalue weighted by molar-refractivity contribution is 0.583. The number of aromatic nitrogens is 1. The maximum atomic E-state index is 6.27. The third kappa shape index (κ3) is 2.83. The smallest absolute Gasteiger partial charge is 0.0705 e. The number of nitrogens with zero attached hydrogens (tertiary/aromatic N) is 1. The molecule has 0 radical (unpaired) electrons. The first kappa shape index (κ1) is 12.1. The van der Waals surface area contributed by atoms with Gasteiger partial charge in [-0.3, -0.25) is 4.98 Å². The van der Waals surface area contributed by atoms with E-state index in [4.69, 9.17) is 5.73 Å². The van der Waals surface area contributed by atoms with Gasteiger partial charge < -0.3 is 5.73 Å². The van der Waals surface area contributed by atoms with Gasteiger partial charge in [0.15, 0.2) is 0 Å². The summed E-state index contributed by atoms with van der Waals surface area (Å²) in [6, 6.07) is 10.4. The van der Waals surface area contributed by atoms with Crippen LogP contribution in [0.3, 0.4) is 0 Å². The van der Waals surface area contributed by atoms with Gasteiger partial charge in [0.1, 0.15) is 0 Å². The minimum atomic E-state index is 0.134. The van der Waals surface area contributed by atoms with Gasteiger partial charge in [-0.15, -0.1) is 0 Å². The molecule has 2 nitrogen and oxygen atoms in total. The van der Waals surface area contributed by atoms with Crippen LogP contribution in [0.2, 0.25) is 0 Å². The molecule has 90 valence electrons. The topological polar surface area (TPSA) is 38.9 Å². The summed E-state index contributed by atoms with van der Waals surface area (Å²) in [5.41, 5.74) is 8.54. The molecule has 1 atom stereocenters. The monoisotopic (exact) mass is 228 g/mol. The van der Waals surface area contributed by atoms with Crippen molar-refractivity contribution in [2.75, 3.05) is 0 Å². The quantitative estimate of drug-likeness (QED) is 0.790. The van der Waals surface area contributed by atoms with Crippen LogP contribution in [0, 0.1) is 0 Å². The van der Waals surface area contributed by atoms with Crippen LogP contribution in [-0.2, 0) is 0 Å². The van der Waals surface area contributed by atoms with Crippen LogP contribution in [0.25, 0.3) is 10.9 Å². The van der Waals surface area contributed by atoms with E-state index in [1.54, 1.807) is 0 Å². The van der Waals surface area contributed by atoms with Crippen LogP contribution in [0.4, 0.5) is 0 Å². The zero-order chi connectivity index (χ0) is 12.1. The molecule has 0 aliphatic rings. The highest BCUT2D eigenvalue weighted by Gasteiger charge is 2.09. The van der Waals surface area contributed by atoms with Crippen molar-refractivity contribution < 1.29 is 0 Å². The third-order valence-electron chi connectivity index (χ3n) is 3.20. The SMILES string of the molecule is CCCCC[C@H](N)c1ccnc2ccccc12. The molecule has 0 bridgehead atoms. The van der Waals surface area contributed by atoms with Crippen LogP contribution >= 0.6 is 0 Å². The molecule has 1 aromatic carbocycles. The Labute approximate surface area is 103 Å². The third-order valence-corrected chi connectivity index (χ3v) is 3.20. The van der Waals surface area contributed by atoms with Crippen molar-refractivity contribution in [3.05, 3.63) is 42.1 Å². The average molecular weight is 228 g/mol. The number of rotatable bonds is 5. The fourth-order valence-corrected chi connectivity index (χ4v) is 2.21. The summed E-state index contributed by atoms with van der Waals surface area (Å²) in [6.07, 6.45) is 6.62. The highest BCUT2D eigenvalue weighted by Crippen LogP contribution is 2.24. The van der Waals surface area contributed by atoms with E-state index in [9.17, 15) is 0 Å². The molecule has 2 heteroatoms. The first-order valence-electron chi connectivity index (χ1n) is 6.42. The van der Waals surface area contributed by atoms with Crippen LogP contribution in [-0.4, -0.2) is 4.98 Å². The standard InChI is InChI=1S/C15H20N2/c1-2-3-4-8-14(16)12-10-11-17-15-9-6-5-7-13(12)15/h5-7,9-11,14H,2-4,8,16H2,1H3/t14-/m0/s1. The molecule has 0 amide bonds. The molecule has 17 heavy (non-hydrogen) atoms. The predicted molar refractivity (Wildman–Crippen MR) is 72.8 cm³/mol. The van der Waals surface area contributed by atoms with Gasteiger partial charge in [-0.05, 0) is 24.1 Å². The van der Waals surface area contributed by atoms with Crippen molar-refractivity contribution >= 4 is 10.9 Å². The summed E-state index contributed by atoms with van der Waals surface area (Å²) < 4.78 is 0. The fraction of sp³-hybridized carbons (Fsp3) is 0.400. The molecule has 2 N–H and O–H groups in total. The maximum absolute atomic E-state index is 6.27. The molecular formula is C15H20N2. The summed E-state index contributed by atoms with van der Waals surface area (Å²) in [5, 5.41) is 1.19. The number of hydrogen-bond acceptors (Lipinski definition) is 2. The number of para-hydroxylation sites is 1. The Balaban J connectivity index is 2.22. The molecule has 0 unspecified atom stereocenters. The molecule has 0 spiro atoms. The Bertz CT molecular complexity index is 474. The van der Waals surface area contributed by atoms with E-state index in [0.29, 0.717) is 0 Å². The molecule has 0 saturated heterocycles. The highest BCUT2D eigenvalue weighted by molar-refractivity contribution is 5.82. The van der Waals surface area contributed by atoms with Crippen LogP contribution < -0.4 is 5.73 Å². The molecule has 1 aromatic heterocycles. The molecule has 1 heterocycles. The lowest BCUT2D eigenvalue weighted by Gasteiger charge is -2.14. The van der Waals surface area contributed by atoms with E-state index >= 15 is 0 Å². The Kier molecular flexibility index (Phi) is 4.10. The zero-order valence-electron chi connectivity index (χ0n) is 10.4. The first-order valence-corrected chi connectivity index (χ1v) is 6.42. The maximum Gasteiger partial charge on any atom is 0.0705 e. The van der Waals surface area contributed by atoms with Crippen molar-refractivity contribution in [3.8, 4) is 0 Å². The molecule has 2 aromatic rings. The lowest BCUT2D eigenvalue weighted by Crippen LogP contribution is -2.10. The molecule has 0 aliphatic heterocycles. The second kappa shape index (κ2) is 5.78. The first-order chi connectivity index (χ1) is 8.33. The molecule has 2 rings (SSSR count). The van der Waals surface area contributed by atoms with Gasteiger partial charge in [-0.25, -0.2) is 0 Å². The number of hydrogen-bond donors (Lipinski definition) is 1. The largest absolute Gasteiger partial charge is 0.324 e. The second-order valence-corrected chi connectivity index (χ2v) is 4.52. The zero-order valence-corrected chi connectivity index (χ0v) is 10.4. The van der Waals surface area contributed by atoms with E-state index in [1.807, 2.05) is 24.4 Å². The van der Waals surface area contributed by atoms with Crippen molar-refractivity contribution in [3.63, 3.8) is 0 Å². The van der Waals surface area contributed by atoms with Gasteiger partial charge in [-0.2, -0.15) is 0 Å². The van der Waals surface area contributed by atoms with Crippen LogP contribution in [0.15, 0.2) is 36.5 Å². The highest BCUT2D eigenvalue weighted by atomic mass is 14.7. The molecular weight excluding hydrogens is 208 g/mol. The van der Waals surface area contributed by atoms with Gasteiger partial charge in [-0.1, -0.05) is 44.4 Å². The van der Waals surface area contributed by atoms with Crippen LogP contribution in [0.1, 0.15) is 44.2 Å². The molecule has 0 saturated carbocycles. The minimum absolute atomic E-state index is 0.134. The molecule has 0 fully saturated rings. The number of unbranched alkanes of at least 4 members (excludes halogenated alkanes) is 2. The van der Waals surface area contributed by atoms with Gasteiger partial charge >= 0.3 is 0 Å². The van der Waals surface area contributed by atoms with E-state index in [-0.39, 0.29) is 6.04 Å². The Morgan fingerprint density at radius 3 is 2.82 bits per heavy atom. The van der Waals surface area contributed by atoms with E-state index in [2.05, 4.69) is 24.0 Å². The van der Waals surface area contributed by atoms with Crippen LogP contribution in [0.5, 0.6) is 0 Å². The lowest BCUT2D eigenvalue weighted by atomic mass is 9.98. The Morgan fingerprint density at radius 1 is 1.18 bits per heavy atom. The number of benzene rings is 1. The van der Waals surface area contributed by atoms with Gasteiger partial charge in [0.25, 0.3) is 0 Å². The van der Waals surface area contributed by atoms with Gasteiger partial charge in [0.2, 0.25) is 0 Å². The summed E-state index contributed by atoms with van der Waals surface area (Å²) in [7, 11) is 0. The van der Waals surface area contributed by atoms with Crippen molar-refractivity contribution in [2.24, 2.45) is 5.73 Å². The Morgan fingerprint density at radius 2 is 2.00 bits per heavy atom. The number of nitrogens with two attached hydrogens (primary N) is 1. The summed E-state index contributed by atoms with van der Waals surface area (Å²) >= 11 is 0. The second-order valence-electron chi connectivity index (χ2n) is 4.52. The minimum Gasteiger partial charge on any atom is -0.324 e. The van der Waals surface area contributed by atoms with E-state index in [0.717, 1.165) is 11.9 Å². The Hall–Kier alpha value is -1.41. The normalized spacial score (nSPS) is 12.8.